The van der Waals surface area contributed by atoms with Crippen LogP contribution in [0, 0.1) is 0 Å². The van der Waals surface area contributed by atoms with E-state index in [9.17, 15) is 9.90 Å². The molecule has 0 saturated carbocycles. The molecule has 0 aliphatic carbocycles. The van der Waals surface area contributed by atoms with E-state index in [2.05, 4.69) is 10.1 Å². The summed E-state index contributed by atoms with van der Waals surface area (Å²) in [5.74, 6) is -1.41. The van der Waals surface area contributed by atoms with Crippen LogP contribution in [0.15, 0.2) is 18.2 Å². The number of aliphatic hydroxyl groups excluding tert-OH is 5. The number of likely N-dealkylation sites (N-methyl/N-ethyl adjacent to an activating group) is 1. The Morgan fingerprint density at radius 3 is 2.22 bits per heavy atom. The molecular weight excluding hydrogens is 366 g/mol. The second-order valence-electron chi connectivity index (χ2n) is 5.93. The molecular formula is C16H25NO10. The number of nitrogens with one attached hydrogen (secondary N) is 1. The second kappa shape index (κ2) is 10.4. The molecule has 0 aromatic heterocycles. The molecule has 1 aromatic carbocycles. The number of phenols is 2. The summed E-state index contributed by atoms with van der Waals surface area (Å²) in [6, 6.07) is 3.55. The predicted molar refractivity (Wildman–Crippen MR) is 89.9 cm³/mol. The SMILES string of the molecule is CN[C@@H](Cc1ccc(O)c(O)c1)C(=O)O.OC[C@H]1O[C@H](O)[C@H](O)[C@@H](O)[C@@H]1O. The third-order valence-corrected chi connectivity index (χ3v) is 3.99. The van der Waals surface area contributed by atoms with Gasteiger partial charge in [0.05, 0.1) is 6.61 Å². The summed E-state index contributed by atoms with van der Waals surface area (Å²) in [5, 5.41) is 74.4. The van der Waals surface area contributed by atoms with Crippen LogP contribution in [0.1, 0.15) is 5.56 Å². The van der Waals surface area contributed by atoms with E-state index in [0.717, 1.165) is 0 Å². The molecule has 1 aliphatic rings. The zero-order chi connectivity index (χ0) is 20.7. The van der Waals surface area contributed by atoms with E-state index in [1.807, 2.05) is 0 Å². The standard InChI is InChI=1S/C10H13NO4.C6H12O6/c1-11-7(10(14)15)4-6-2-3-8(12)9(13)5-6;7-1-2-3(8)4(9)5(10)6(11)12-2/h2-3,5,7,11-13H,4H2,1H3,(H,14,15);2-11H,1H2/t7-;2-,3-,4+,5-,6+/m01/s1. The maximum atomic E-state index is 10.7. The number of carboxylic acids is 1. The summed E-state index contributed by atoms with van der Waals surface area (Å²) in [4.78, 5) is 10.7. The number of hydrogen-bond donors (Lipinski definition) is 9. The van der Waals surface area contributed by atoms with Gasteiger partial charge in [-0.25, -0.2) is 0 Å². The molecule has 0 amide bonds. The van der Waals surface area contributed by atoms with E-state index >= 15 is 0 Å². The first kappa shape index (κ1) is 23.0. The van der Waals surface area contributed by atoms with Gasteiger partial charge in [-0.1, -0.05) is 6.07 Å². The quantitative estimate of drug-likeness (QED) is 0.233. The van der Waals surface area contributed by atoms with E-state index in [4.69, 9.17) is 35.7 Å². The molecule has 2 rings (SSSR count). The summed E-state index contributed by atoms with van der Waals surface area (Å²) in [6.45, 7) is -0.526. The highest BCUT2D eigenvalue weighted by Gasteiger charge is 2.42. The van der Waals surface area contributed by atoms with Gasteiger partial charge in [-0.15, -0.1) is 0 Å². The maximum Gasteiger partial charge on any atom is 0.321 e. The normalized spacial score (nSPS) is 28.7. The third kappa shape index (κ3) is 6.29. The molecule has 1 aromatic rings. The molecule has 9 N–H and O–H groups in total. The minimum absolute atomic E-state index is 0.213. The summed E-state index contributed by atoms with van der Waals surface area (Å²) in [6.07, 6.45) is -6.79. The fourth-order valence-electron chi connectivity index (χ4n) is 2.33. The lowest BCUT2D eigenvalue weighted by molar-refractivity contribution is -0.286. The molecule has 11 nitrogen and oxygen atoms in total. The second-order valence-corrected chi connectivity index (χ2v) is 5.93. The number of benzene rings is 1. The van der Waals surface area contributed by atoms with E-state index in [1.54, 1.807) is 13.1 Å². The number of ether oxygens (including phenoxy) is 1. The van der Waals surface area contributed by atoms with Crippen molar-refractivity contribution in [3.05, 3.63) is 23.8 Å². The molecule has 6 atom stereocenters. The average molecular weight is 391 g/mol. The Labute approximate surface area is 154 Å². The number of aliphatic carboxylic acids is 1. The summed E-state index contributed by atoms with van der Waals surface area (Å²) >= 11 is 0. The van der Waals surface area contributed by atoms with Crippen LogP contribution in [0.4, 0.5) is 0 Å². The first-order valence-electron chi connectivity index (χ1n) is 8.01. The Balaban J connectivity index is 0.000000277. The first-order chi connectivity index (χ1) is 12.6. The van der Waals surface area contributed by atoms with Gasteiger partial charge in [0.25, 0.3) is 0 Å². The Kier molecular flexibility index (Phi) is 8.85. The summed E-state index contributed by atoms with van der Waals surface area (Å²) in [7, 11) is 1.55. The van der Waals surface area contributed by atoms with Crippen molar-refractivity contribution < 1.29 is 50.4 Å². The van der Waals surface area contributed by atoms with E-state index in [-0.39, 0.29) is 17.9 Å². The molecule has 1 saturated heterocycles. The van der Waals surface area contributed by atoms with Gasteiger partial charge in [-0.3, -0.25) is 4.79 Å². The Hall–Kier alpha value is -1.99. The van der Waals surface area contributed by atoms with E-state index in [0.29, 0.717) is 5.56 Å². The molecule has 0 spiro atoms. The predicted octanol–water partition coefficient (Wildman–Crippen LogP) is -2.91. The highest BCUT2D eigenvalue weighted by molar-refractivity contribution is 5.73. The van der Waals surface area contributed by atoms with Gasteiger partial charge in [-0.05, 0) is 31.2 Å². The Bertz CT molecular complexity index is 608. The van der Waals surface area contributed by atoms with Crippen LogP contribution in [0.5, 0.6) is 11.5 Å². The average Bonchev–Trinajstić information content (AvgIpc) is 2.64. The number of hydrogen-bond acceptors (Lipinski definition) is 10. The van der Waals surface area contributed by atoms with Crippen molar-refractivity contribution in [3.8, 4) is 11.5 Å². The van der Waals surface area contributed by atoms with Crippen molar-refractivity contribution in [1.29, 1.82) is 0 Å². The lowest BCUT2D eigenvalue weighted by Gasteiger charge is -2.37. The van der Waals surface area contributed by atoms with Crippen molar-refractivity contribution >= 4 is 5.97 Å². The van der Waals surface area contributed by atoms with Crippen molar-refractivity contribution in [2.75, 3.05) is 13.7 Å². The van der Waals surface area contributed by atoms with Crippen molar-refractivity contribution in [3.63, 3.8) is 0 Å². The largest absolute Gasteiger partial charge is 0.504 e. The van der Waals surface area contributed by atoms with Gasteiger partial charge in [-0.2, -0.15) is 0 Å². The third-order valence-electron chi connectivity index (χ3n) is 3.99. The lowest BCUT2D eigenvalue weighted by atomic mass is 10.00. The first-order valence-corrected chi connectivity index (χ1v) is 8.01. The molecule has 27 heavy (non-hydrogen) atoms. The monoisotopic (exact) mass is 391 g/mol. The van der Waals surface area contributed by atoms with Gasteiger partial charge in [0.15, 0.2) is 17.8 Å². The van der Waals surface area contributed by atoms with Crippen LogP contribution >= 0.6 is 0 Å². The number of aromatic hydroxyl groups is 2. The van der Waals surface area contributed by atoms with Gasteiger partial charge in [0.2, 0.25) is 0 Å². The minimum atomic E-state index is -1.57. The lowest BCUT2D eigenvalue weighted by Crippen LogP contribution is -2.58. The van der Waals surface area contributed by atoms with Crippen molar-refractivity contribution in [1.82, 2.24) is 5.32 Å². The number of aliphatic hydroxyl groups is 5. The fraction of sp³-hybridized carbons (Fsp3) is 0.562. The number of carboxylic acid groups (broad SMARTS) is 1. The number of carbonyl (C=O) groups is 1. The van der Waals surface area contributed by atoms with Crippen LogP contribution < -0.4 is 5.32 Å². The highest BCUT2D eigenvalue weighted by atomic mass is 16.6. The van der Waals surface area contributed by atoms with Crippen LogP contribution in [0.3, 0.4) is 0 Å². The van der Waals surface area contributed by atoms with Crippen LogP contribution in [-0.4, -0.2) is 97.2 Å². The summed E-state index contributed by atoms with van der Waals surface area (Å²) in [5.41, 5.74) is 0.645. The van der Waals surface area contributed by atoms with Crippen LogP contribution in [-0.2, 0) is 16.0 Å². The minimum Gasteiger partial charge on any atom is -0.504 e. The molecule has 1 fully saturated rings. The molecule has 1 aliphatic heterocycles. The van der Waals surface area contributed by atoms with Crippen molar-refractivity contribution in [2.45, 2.75) is 43.2 Å². The highest BCUT2D eigenvalue weighted by Crippen LogP contribution is 2.25. The molecule has 0 unspecified atom stereocenters. The van der Waals surface area contributed by atoms with E-state index < -0.39 is 49.3 Å². The zero-order valence-corrected chi connectivity index (χ0v) is 14.5. The smallest absolute Gasteiger partial charge is 0.321 e. The molecule has 0 bridgehead atoms. The number of phenolic OH excluding ortho intramolecular Hbond substituents is 2. The molecule has 11 heteroatoms. The van der Waals surface area contributed by atoms with Crippen molar-refractivity contribution in [2.24, 2.45) is 0 Å². The Morgan fingerprint density at radius 2 is 1.74 bits per heavy atom. The fourth-order valence-corrected chi connectivity index (χ4v) is 2.33. The van der Waals surface area contributed by atoms with Gasteiger partial charge < -0.3 is 50.9 Å². The zero-order valence-electron chi connectivity index (χ0n) is 14.5. The van der Waals surface area contributed by atoms with Gasteiger partial charge in [0.1, 0.15) is 30.5 Å². The number of rotatable bonds is 5. The van der Waals surface area contributed by atoms with Crippen LogP contribution in [0.2, 0.25) is 0 Å². The molecule has 0 radical (unpaired) electrons. The summed E-state index contributed by atoms with van der Waals surface area (Å²) < 4.78 is 4.58. The molecule has 1 heterocycles. The maximum absolute atomic E-state index is 10.7. The molecule has 154 valence electrons. The van der Waals surface area contributed by atoms with Gasteiger partial charge >= 0.3 is 5.97 Å². The Morgan fingerprint density at radius 1 is 1.11 bits per heavy atom. The van der Waals surface area contributed by atoms with E-state index in [1.165, 1.54) is 12.1 Å². The van der Waals surface area contributed by atoms with Gasteiger partial charge in [0, 0.05) is 0 Å². The van der Waals surface area contributed by atoms with Crippen LogP contribution in [0.25, 0.3) is 0 Å². The topological polar surface area (TPSA) is 200 Å².